The summed E-state index contributed by atoms with van der Waals surface area (Å²) in [4.78, 5) is 10.1. The highest BCUT2D eigenvalue weighted by Crippen LogP contribution is 2.35. The molecule has 6 heteroatoms. The number of nitrogens with zero attached hydrogens (tertiary/aromatic N) is 1. The van der Waals surface area contributed by atoms with E-state index in [2.05, 4.69) is 0 Å². The van der Waals surface area contributed by atoms with E-state index in [4.69, 9.17) is 9.47 Å². The van der Waals surface area contributed by atoms with E-state index in [9.17, 15) is 10.1 Å². The Bertz CT molecular complexity index is 367. The molecular weight excluding hydrogens is 301 g/mol. The summed E-state index contributed by atoms with van der Waals surface area (Å²) in [7, 11) is 2.93. The summed E-state index contributed by atoms with van der Waals surface area (Å²) in [5.41, 5.74) is -0.00736. The number of rotatable bonds is 3. The number of nitro groups is 1. The third-order valence-electron chi connectivity index (χ3n) is 1.63. The average molecular weight is 309 g/mol. The first-order valence-electron chi connectivity index (χ1n) is 3.66. The van der Waals surface area contributed by atoms with E-state index in [1.165, 1.54) is 26.4 Å². The summed E-state index contributed by atoms with van der Waals surface area (Å²) < 4.78 is 10.7. The Balaban J connectivity index is 3.31. The normalized spacial score (nSPS) is 9.64. The number of non-ortho nitro benzene ring substituents is 1. The third kappa shape index (κ3) is 2.06. The van der Waals surface area contributed by atoms with Gasteiger partial charge in [0.2, 0.25) is 0 Å². The molecule has 76 valence electrons. The molecule has 0 aliphatic rings. The van der Waals surface area contributed by atoms with Crippen molar-refractivity contribution in [1.82, 2.24) is 0 Å². The minimum atomic E-state index is -0.468. The van der Waals surface area contributed by atoms with E-state index in [1.807, 2.05) is 22.6 Å². The molecule has 0 N–H and O–H groups in total. The van der Waals surface area contributed by atoms with Crippen LogP contribution in [0.25, 0.3) is 0 Å². The van der Waals surface area contributed by atoms with Gasteiger partial charge < -0.3 is 9.47 Å². The number of nitro benzene ring substituents is 1. The van der Waals surface area contributed by atoms with Crippen molar-refractivity contribution in [3.8, 4) is 11.5 Å². The van der Waals surface area contributed by atoms with Crippen LogP contribution in [0.2, 0.25) is 0 Å². The summed E-state index contributed by atoms with van der Waals surface area (Å²) in [6.45, 7) is 0. The van der Waals surface area contributed by atoms with Gasteiger partial charge in [-0.25, -0.2) is 0 Å². The second-order valence-corrected chi connectivity index (χ2v) is 3.58. The molecule has 0 fully saturated rings. The molecule has 0 amide bonds. The lowest BCUT2D eigenvalue weighted by Crippen LogP contribution is -1.96. The van der Waals surface area contributed by atoms with E-state index in [0.29, 0.717) is 15.1 Å². The molecular formula is C8H8INO4. The highest BCUT2D eigenvalue weighted by Gasteiger charge is 2.15. The Morgan fingerprint density at radius 1 is 1.36 bits per heavy atom. The van der Waals surface area contributed by atoms with Crippen LogP contribution in [0.3, 0.4) is 0 Å². The van der Waals surface area contributed by atoms with Crippen molar-refractivity contribution >= 4 is 28.3 Å². The molecule has 1 aromatic rings. The molecule has 0 saturated carbocycles. The van der Waals surface area contributed by atoms with Crippen molar-refractivity contribution in [1.29, 1.82) is 0 Å². The van der Waals surface area contributed by atoms with Gasteiger partial charge in [-0.1, -0.05) is 0 Å². The van der Waals surface area contributed by atoms with Crippen molar-refractivity contribution in [2.45, 2.75) is 0 Å². The number of methoxy groups -OCH3 is 2. The minimum Gasteiger partial charge on any atom is -0.493 e. The van der Waals surface area contributed by atoms with Crippen LogP contribution >= 0.6 is 22.6 Å². The molecule has 0 saturated heterocycles. The maximum Gasteiger partial charge on any atom is 0.274 e. The second kappa shape index (κ2) is 4.45. The molecule has 14 heavy (non-hydrogen) atoms. The van der Waals surface area contributed by atoms with Gasteiger partial charge in [0.25, 0.3) is 5.69 Å². The Morgan fingerprint density at radius 3 is 2.43 bits per heavy atom. The van der Waals surface area contributed by atoms with Crippen molar-refractivity contribution in [3.63, 3.8) is 0 Å². The van der Waals surface area contributed by atoms with Gasteiger partial charge in [-0.3, -0.25) is 10.1 Å². The van der Waals surface area contributed by atoms with Crippen molar-refractivity contribution in [2.75, 3.05) is 14.2 Å². The Morgan fingerprint density at radius 2 is 2.00 bits per heavy atom. The van der Waals surface area contributed by atoms with Gasteiger partial charge in [0.1, 0.15) is 0 Å². The van der Waals surface area contributed by atoms with Gasteiger partial charge in [-0.15, -0.1) is 0 Å². The highest BCUT2D eigenvalue weighted by molar-refractivity contribution is 14.1. The van der Waals surface area contributed by atoms with Crippen molar-refractivity contribution in [3.05, 3.63) is 25.8 Å². The van der Waals surface area contributed by atoms with Gasteiger partial charge in [0.15, 0.2) is 11.5 Å². The Labute approximate surface area is 94.3 Å². The van der Waals surface area contributed by atoms with Gasteiger partial charge >= 0.3 is 0 Å². The zero-order valence-corrected chi connectivity index (χ0v) is 9.77. The predicted octanol–water partition coefficient (Wildman–Crippen LogP) is 2.22. The molecule has 0 aromatic heterocycles. The van der Waals surface area contributed by atoms with Gasteiger partial charge in [-0.2, -0.15) is 0 Å². The van der Waals surface area contributed by atoms with E-state index < -0.39 is 4.92 Å². The quantitative estimate of drug-likeness (QED) is 0.488. The maximum absolute atomic E-state index is 10.5. The van der Waals surface area contributed by atoms with E-state index in [-0.39, 0.29) is 5.69 Å². The molecule has 5 nitrogen and oxygen atoms in total. The number of hydrogen-bond acceptors (Lipinski definition) is 4. The summed E-state index contributed by atoms with van der Waals surface area (Å²) >= 11 is 1.96. The molecule has 0 aliphatic heterocycles. The summed E-state index contributed by atoms with van der Waals surface area (Å²) in [5.74, 6) is 0.879. The van der Waals surface area contributed by atoms with Crippen LogP contribution in [0.4, 0.5) is 5.69 Å². The van der Waals surface area contributed by atoms with Gasteiger partial charge in [0, 0.05) is 6.07 Å². The number of hydrogen-bond donors (Lipinski definition) is 0. The lowest BCUT2D eigenvalue weighted by molar-refractivity contribution is -0.385. The SMILES string of the molecule is COc1cc([N+](=O)[O-])cc(I)c1OC. The van der Waals surface area contributed by atoms with E-state index in [0.717, 1.165) is 0 Å². The Kier molecular flexibility index (Phi) is 3.50. The molecule has 1 aromatic carbocycles. The molecule has 0 aliphatic carbocycles. The topological polar surface area (TPSA) is 61.6 Å². The Hall–Kier alpha value is -1.05. The lowest BCUT2D eigenvalue weighted by atomic mass is 10.3. The molecule has 0 bridgehead atoms. The van der Waals surface area contributed by atoms with Gasteiger partial charge in [-0.05, 0) is 22.6 Å². The molecule has 0 atom stereocenters. The van der Waals surface area contributed by atoms with Crippen LogP contribution in [0.15, 0.2) is 12.1 Å². The third-order valence-corrected chi connectivity index (χ3v) is 2.43. The molecule has 0 unspecified atom stereocenters. The minimum absolute atomic E-state index is 0.00736. The van der Waals surface area contributed by atoms with E-state index >= 15 is 0 Å². The lowest BCUT2D eigenvalue weighted by Gasteiger charge is -2.08. The standard InChI is InChI=1S/C8H8INO4/c1-13-7-4-5(10(11)12)3-6(9)8(7)14-2/h3-4H,1-2H3. The smallest absolute Gasteiger partial charge is 0.274 e. The first kappa shape index (κ1) is 11.0. The zero-order valence-electron chi connectivity index (χ0n) is 7.61. The molecule has 0 heterocycles. The maximum atomic E-state index is 10.5. The van der Waals surface area contributed by atoms with Crippen LogP contribution in [0.5, 0.6) is 11.5 Å². The fourth-order valence-electron chi connectivity index (χ4n) is 1.01. The zero-order chi connectivity index (χ0) is 10.7. The first-order valence-corrected chi connectivity index (χ1v) is 4.74. The van der Waals surface area contributed by atoms with E-state index in [1.54, 1.807) is 0 Å². The summed E-state index contributed by atoms with van der Waals surface area (Å²) in [6.07, 6.45) is 0. The highest BCUT2D eigenvalue weighted by atomic mass is 127. The van der Waals surface area contributed by atoms with Crippen LogP contribution in [-0.2, 0) is 0 Å². The van der Waals surface area contributed by atoms with Crippen LogP contribution in [0, 0.1) is 13.7 Å². The first-order chi connectivity index (χ1) is 6.60. The number of ether oxygens (including phenoxy) is 2. The summed E-state index contributed by atoms with van der Waals surface area (Å²) in [5, 5.41) is 10.5. The fourth-order valence-corrected chi connectivity index (χ4v) is 1.81. The van der Waals surface area contributed by atoms with Crippen LogP contribution in [-0.4, -0.2) is 19.1 Å². The summed E-state index contributed by atoms with van der Waals surface area (Å²) in [6, 6.07) is 2.77. The monoisotopic (exact) mass is 309 g/mol. The van der Waals surface area contributed by atoms with Crippen molar-refractivity contribution in [2.24, 2.45) is 0 Å². The molecule has 0 radical (unpaired) electrons. The van der Waals surface area contributed by atoms with Gasteiger partial charge in [0.05, 0.1) is 28.8 Å². The predicted molar refractivity (Wildman–Crippen MR) is 58.9 cm³/mol. The molecule has 1 rings (SSSR count). The van der Waals surface area contributed by atoms with Crippen molar-refractivity contribution < 1.29 is 14.4 Å². The largest absolute Gasteiger partial charge is 0.493 e. The number of benzene rings is 1. The fraction of sp³-hybridized carbons (Fsp3) is 0.250. The van der Waals surface area contributed by atoms with Crippen LogP contribution in [0.1, 0.15) is 0 Å². The number of halogens is 1. The van der Waals surface area contributed by atoms with Crippen LogP contribution < -0.4 is 9.47 Å². The second-order valence-electron chi connectivity index (χ2n) is 2.42. The molecule has 0 spiro atoms. The average Bonchev–Trinajstić information content (AvgIpc) is 2.16.